The summed E-state index contributed by atoms with van der Waals surface area (Å²) in [5.74, 6) is -0.338. The fourth-order valence-corrected chi connectivity index (χ4v) is 3.65. The average molecular weight is 421 g/mol. The average Bonchev–Trinajstić information content (AvgIpc) is 3.10. The molecule has 6 nitrogen and oxygen atoms in total. The number of benzene rings is 2. The van der Waals surface area contributed by atoms with Crippen LogP contribution in [-0.2, 0) is 16.1 Å². The van der Waals surface area contributed by atoms with Gasteiger partial charge >= 0.3 is 0 Å². The van der Waals surface area contributed by atoms with Crippen molar-refractivity contribution in [2.24, 2.45) is 5.92 Å². The highest BCUT2D eigenvalue weighted by molar-refractivity contribution is 6.31. The third kappa shape index (κ3) is 4.29. The van der Waals surface area contributed by atoms with Crippen molar-refractivity contribution in [2.45, 2.75) is 13.0 Å². The molecule has 1 saturated heterocycles. The van der Waals surface area contributed by atoms with E-state index in [9.17, 15) is 14.0 Å². The van der Waals surface area contributed by atoms with Crippen LogP contribution in [0.1, 0.15) is 12.0 Å². The van der Waals surface area contributed by atoms with Gasteiger partial charge in [0.1, 0.15) is 17.3 Å². The molecular weight excluding hydrogens is 399 g/mol. The second kappa shape index (κ2) is 8.69. The number of rotatable bonds is 6. The van der Waals surface area contributed by atoms with E-state index >= 15 is 0 Å². The molecule has 1 aliphatic heterocycles. The summed E-state index contributed by atoms with van der Waals surface area (Å²) in [6, 6.07) is 9.53. The Hall–Kier alpha value is -2.80. The van der Waals surface area contributed by atoms with Crippen molar-refractivity contribution in [3.63, 3.8) is 0 Å². The summed E-state index contributed by atoms with van der Waals surface area (Å²) in [4.78, 5) is 28.4. The van der Waals surface area contributed by atoms with Gasteiger partial charge in [-0.05, 0) is 24.3 Å². The number of anilines is 1. The molecular formula is C21H22ClFN2O4. The molecule has 0 saturated carbocycles. The lowest BCUT2D eigenvalue weighted by Gasteiger charge is -2.23. The minimum atomic E-state index is -0.537. The summed E-state index contributed by atoms with van der Waals surface area (Å²) < 4.78 is 24.6. The number of methoxy groups -OCH3 is 2. The van der Waals surface area contributed by atoms with E-state index in [1.807, 2.05) is 0 Å². The Morgan fingerprint density at radius 3 is 2.69 bits per heavy atom. The van der Waals surface area contributed by atoms with Gasteiger partial charge in [0.25, 0.3) is 0 Å². The molecule has 0 aromatic heterocycles. The maximum atomic E-state index is 14.0. The number of hydrogen-bond acceptors (Lipinski definition) is 4. The predicted octanol–water partition coefficient (Wildman–Crippen LogP) is 3.51. The third-order valence-corrected chi connectivity index (χ3v) is 5.34. The lowest BCUT2D eigenvalue weighted by Crippen LogP contribution is -2.34. The van der Waals surface area contributed by atoms with Gasteiger partial charge in [0, 0.05) is 43.2 Å². The summed E-state index contributed by atoms with van der Waals surface area (Å²) in [7, 11) is 4.63. The molecule has 2 aromatic rings. The van der Waals surface area contributed by atoms with Crippen molar-refractivity contribution in [1.29, 1.82) is 0 Å². The van der Waals surface area contributed by atoms with Crippen LogP contribution in [0.2, 0.25) is 5.02 Å². The maximum absolute atomic E-state index is 14.0. The zero-order valence-corrected chi connectivity index (χ0v) is 17.2. The maximum Gasteiger partial charge on any atom is 0.228 e. The molecule has 1 fully saturated rings. The van der Waals surface area contributed by atoms with E-state index in [4.69, 9.17) is 21.1 Å². The standard InChI is InChI=1S/C21H22ClFN2O4/c1-24(12-15-16(22)5-4-6-17(15)23)21(27)13-9-20(26)25(11-13)18-8-7-14(28-2)10-19(18)29-3/h4-8,10,13H,9,11-12H2,1-3H3. The van der Waals surface area contributed by atoms with Gasteiger partial charge in [-0.1, -0.05) is 17.7 Å². The van der Waals surface area contributed by atoms with Crippen molar-refractivity contribution in [3.8, 4) is 11.5 Å². The molecule has 29 heavy (non-hydrogen) atoms. The normalized spacial score (nSPS) is 16.1. The van der Waals surface area contributed by atoms with E-state index in [0.717, 1.165) is 0 Å². The number of halogens is 2. The number of nitrogens with zero attached hydrogens (tertiary/aromatic N) is 2. The Balaban J connectivity index is 1.75. The fraction of sp³-hybridized carbons (Fsp3) is 0.333. The van der Waals surface area contributed by atoms with Gasteiger partial charge in [-0.15, -0.1) is 0 Å². The molecule has 0 N–H and O–H groups in total. The SMILES string of the molecule is COc1ccc(N2CC(C(=O)N(C)Cc3c(F)cccc3Cl)CC2=O)c(OC)c1. The Labute approximate surface area is 173 Å². The zero-order valence-electron chi connectivity index (χ0n) is 16.4. The zero-order chi connectivity index (χ0) is 21.1. The van der Waals surface area contributed by atoms with Crippen molar-refractivity contribution in [2.75, 3.05) is 32.7 Å². The molecule has 1 heterocycles. The predicted molar refractivity (Wildman–Crippen MR) is 108 cm³/mol. The highest BCUT2D eigenvalue weighted by atomic mass is 35.5. The van der Waals surface area contributed by atoms with Crippen LogP contribution < -0.4 is 14.4 Å². The quantitative estimate of drug-likeness (QED) is 0.717. The first-order valence-corrected chi connectivity index (χ1v) is 9.43. The Morgan fingerprint density at radius 1 is 1.28 bits per heavy atom. The van der Waals surface area contributed by atoms with E-state index < -0.39 is 11.7 Å². The van der Waals surface area contributed by atoms with Crippen molar-refractivity contribution in [1.82, 2.24) is 4.90 Å². The molecule has 3 rings (SSSR count). The number of amides is 2. The molecule has 2 amide bonds. The molecule has 8 heteroatoms. The molecule has 0 spiro atoms. The minimum Gasteiger partial charge on any atom is -0.497 e. The van der Waals surface area contributed by atoms with Crippen LogP contribution in [0.5, 0.6) is 11.5 Å². The van der Waals surface area contributed by atoms with Gasteiger partial charge in [0.15, 0.2) is 0 Å². The number of carbonyl (C=O) groups excluding carboxylic acids is 2. The first-order valence-electron chi connectivity index (χ1n) is 9.06. The largest absolute Gasteiger partial charge is 0.497 e. The van der Waals surface area contributed by atoms with Gasteiger partial charge < -0.3 is 19.3 Å². The molecule has 2 aromatic carbocycles. The van der Waals surface area contributed by atoms with E-state index in [1.54, 1.807) is 38.4 Å². The van der Waals surface area contributed by atoms with Crippen LogP contribution in [0.15, 0.2) is 36.4 Å². The topological polar surface area (TPSA) is 59.1 Å². The van der Waals surface area contributed by atoms with Gasteiger partial charge in [0.05, 0.1) is 25.8 Å². The van der Waals surface area contributed by atoms with E-state index in [-0.39, 0.29) is 41.9 Å². The number of carbonyl (C=O) groups is 2. The molecule has 0 bridgehead atoms. The fourth-order valence-electron chi connectivity index (χ4n) is 3.42. The summed E-state index contributed by atoms with van der Waals surface area (Å²) in [5.41, 5.74) is 0.830. The molecule has 154 valence electrons. The third-order valence-electron chi connectivity index (χ3n) is 4.99. The van der Waals surface area contributed by atoms with Gasteiger partial charge in [-0.2, -0.15) is 0 Å². The van der Waals surface area contributed by atoms with Crippen LogP contribution >= 0.6 is 11.6 Å². The highest BCUT2D eigenvalue weighted by Crippen LogP contribution is 2.36. The number of ether oxygens (including phenoxy) is 2. The Morgan fingerprint density at radius 2 is 2.03 bits per heavy atom. The van der Waals surface area contributed by atoms with Crippen LogP contribution in [-0.4, -0.2) is 44.5 Å². The van der Waals surface area contributed by atoms with E-state index in [2.05, 4.69) is 0 Å². The van der Waals surface area contributed by atoms with Crippen LogP contribution in [0.25, 0.3) is 0 Å². The monoisotopic (exact) mass is 420 g/mol. The highest BCUT2D eigenvalue weighted by Gasteiger charge is 2.37. The molecule has 0 radical (unpaired) electrons. The van der Waals surface area contributed by atoms with Crippen molar-refractivity contribution >= 4 is 29.1 Å². The smallest absolute Gasteiger partial charge is 0.228 e. The summed E-state index contributed by atoms with van der Waals surface area (Å²) in [5, 5.41) is 0.261. The first kappa shape index (κ1) is 20.9. The lowest BCUT2D eigenvalue weighted by atomic mass is 10.1. The Bertz CT molecular complexity index is 917. The lowest BCUT2D eigenvalue weighted by molar-refractivity contribution is -0.135. The second-order valence-corrected chi connectivity index (χ2v) is 7.24. The molecule has 1 aliphatic rings. The van der Waals surface area contributed by atoms with Crippen LogP contribution in [0.4, 0.5) is 10.1 Å². The molecule has 1 atom stereocenters. The van der Waals surface area contributed by atoms with Crippen molar-refractivity contribution in [3.05, 3.63) is 52.8 Å². The minimum absolute atomic E-state index is 0.0287. The van der Waals surface area contributed by atoms with E-state index in [0.29, 0.717) is 17.2 Å². The summed E-state index contributed by atoms with van der Waals surface area (Å²) >= 11 is 6.06. The van der Waals surface area contributed by atoms with Crippen molar-refractivity contribution < 1.29 is 23.5 Å². The molecule has 1 unspecified atom stereocenters. The summed E-state index contributed by atoms with van der Waals surface area (Å²) in [6.07, 6.45) is 0.0728. The van der Waals surface area contributed by atoms with Gasteiger partial charge in [-0.3, -0.25) is 9.59 Å². The summed E-state index contributed by atoms with van der Waals surface area (Å²) in [6.45, 7) is 0.247. The number of hydrogen-bond donors (Lipinski definition) is 0. The van der Waals surface area contributed by atoms with Gasteiger partial charge in [0.2, 0.25) is 11.8 Å². The Kier molecular flexibility index (Phi) is 6.27. The van der Waals surface area contributed by atoms with E-state index in [1.165, 1.54) is 29.0 Å². The van der Waals surface area contributed by atoms with Gasteiger partial charge in [-0.25, -0.2) is 4.39 Å². The van der Waals surface area contributed by atoms with Crippen LogP contribution in [0.3, 0.4) is 0 Å². The van der Waals surface area contributed by atoms with Crippen LogP contribution in [0, 0.1) is 11.7 Å². The first-order chi connectivity index (χ1) is 13.8. The second-order valence-electron chi connectivity index (χ2n) is 6.84. The molecule has 0 aliphatic carbocycles.